The number of carboxylic acids is 1. The molecule has 0 spiro atoms. The third-order valence-corrected chi connectivity index (χ3v) is 4.97. The van der Waals surface area contributed by atoms with Gasteiger partial charge in [-0.2, -0.15) is 5.10 Å². The Morgan fingerprint density at radius 1 is 1.26 bits per heavy atom. The molecule has 1 aromatic heterocycles. The average Bonchev–Trinajstić information content (AvgIpc) is 3.17. The minimum Gasteiger partial charge on any atom is -0.481 e. The highest BCUT2D eigenvalue weighted by atomic mass is 16.5. The summed E-state index contributed by atoms with van der Waals surface area (Å²) in [6.45, 7) is 1.35. The van der Waals surface area contributed by atoms with E-state index in [1.807, 2.05) is 36.5 Å². The van der Waals surface area contributed by atoms with Crippen molar-refractivity contribution < 1.29 is 19.4 Å². The zero-order chi connectivity index (χ0) is 19.1. The van der Waals surface area contributed by atoms with Crippen molar-refractivity contribution in [2.24, 2.45) is 11.8 Å². The van der Waals surface area contributed by atoms with Crippen LogP contribution in [-0.2, 0) is 20.7 Å². The Morgan fingerprint density at radius 3 is 2.70 bits per heavy atom. The number of carbonyl (C=O) groups is 2. The van der Waals surface area contributed by atoms with Crippen molar-refractivity contribution in [1.29, 1.82) is 0 Å². The second-order valence-electron chi connectivity index (χ2n) is 6.83. The summed E-state index contributed by atoms with van der Waals surface area (Å²) < 4.78 is 7.07. The molecule has 0 bridgehead atoms. The number of carboxylic acid groups (broad SMARTS) is 1. The fourth-order valence-corrected chi connectivity index (χ4v) is 3.35. The highest BCUT2D eigenvalue weighted by Crippen LogP contribution is 2.23. The number of rotatable bonds is 8. The summed E-state index contributed by atoms with van der Waals surface area (Å²) in [7, 11) is 0. The number of carbonyl (C=O) groups excluding carboxylic acids is 1. The van der Waals surface area contributed by atoms with E-state index in [2.05, 4.69) is 10.4 Å². The van der Waals surface area contributed by atoms with E-state index in [1.54, 1.807) is 10.9 Å². The number of nitrogens with one attached hydrogen (secondary N) is 1. The summed E-state index contributed by atoms with van der Waals surface area (Å²) >= 11 is 0. The smallest absolute Gasteiger partial charge is 0.308 e. The number of nitrogens with zero attached hydrogens (tertiary/aromatic N) is 2. The third kappa shape index (κ3) is 5.40. The Morgan fingerprint density at radius 2 is 2.00 bits per heavy atom. The maximum Gasteiger partial charge on any atom is 0.308 e. The van der Waals surface area contributed by atoms with Gasteiger partial charge in [0, 0.05) is 32.4 Å². The number of para-hydroxylation sites is 1. The number of benzene rings is 1. The largest absolute Gasteiger partial charge is 0.481 e. The second-order valence-corrected chi connectivity index (χ2v) is 6.83. The molecule has 3 rings (SSSR count). The van der Waals surface area contributed by atoms with Crippen LogP contribution in [0.1, 0.15) is 24.8 Å². The van der Waals surface area contributed by atoms with Gasteiger partial charge in [-0.05, 0) is 42.9 Å². The first-order valence-electron chi connectivity index (χ1n) is 9.29. The van der Waals surface area contributed by atoms with Crippen LogP contribution in [0, 0.1) is 11.8 Å². The van der Waals surface area contributed by atoms with Crippen molar-refractivity contribution in [3.63, 3.8) is 0 Å². The summed E-state index contributed by atoms with van der Waals surface area (Å²) in [4.78, 5) is 23.7. The molecule has 1 aliphatic heterocycles. The first-order chi connectivity index (χ1) is 13.1. The second kappa shape index (κ2) is 9.32. The SMILES string of the molecule is O=C(CCc1cnn(-c2ccccc2)c1)NCC(C(=O)O)C1CCOCC1. The van der Waals surface area contributed by atoms with Crippen LogP contribution in [0.15, 0.2) is 42.7 Å². The standard InChI is InChI=1S/C20H25N3O4/c24-19(21-13-18(20(25)26)16-8-10-27-11-9-16)7-6-15-12-22-23(14-15)17-4-2-1-3-5-17/h1-5,12,14,16,18H,6-11,13H2,(H,21,24)(H,25,26). The molecule has 7 nitrogen and oxygen atoms in total. The minimum absolute atomic E-state index is 0.0562. The fourth-order valence-electron chi connectivity index (χ4n) is 3.35. The van der Waals surface area contributed by atoms with Crippen LogP contribution in [0.25, 0.3) is 5.69 Å². The van der Waals surface area contributed by atoms with Crippen LogP contribution >= 0.6 is 0 Å². The van der Waals surface area contributed by atoms with Gasteiger partial charge in [0.05, 0.1) is 17.8 Å². The molecule has 1 fully saturated rings. The Kier molecular flexibility index (Phi) is 6.59. The summed E-state index contributed by atoms with van der Waals surface area (Å²) in [6.07, 6.45) is 5.98. The Balaban J connectivity index is 1.46. The lowest BCUT2D eigenvalue weighted by Crippen LogP contribution is -2.39. The molecule has 1 aromatic carbocycles. The summed E-state index contributed by atoms with van der Waals surface area (Å²) in [5.74, 6) is -1.49. The van der Waals surface area contributed by atoms with E-state index in [-0.39, 0.29) is 18.4 Å². The number of hydrogen-bond donors (Lipinski definition) is 2. The highest BCUT2D eigenvalue weighted by Gasteiger charge is 2.29. The van der Waals surface area contributed by atoms with E-state index in [4.69, 9.17) is 4.74 Å². The van der Waals surface area contributed by atoms with Gasteiger partial charge in [-0.3, -0.25) is 9.59 Å². The zero-order valence-corrected chi connectivity index (χ0v) is 15.2. The fraction of sp³-hybridized carbons (Fsp3) is 0.450. The average molecular weight is 371 g/mol. The van der Waals surface area contributed by atoms with Gasteiger partial charge in [-0.15, -0.1) is 0 Å². The maximum absolute atomic E-state index is 12.1. The predicted octanol–water partition coefficient (Wildman–Crippen LogP) is 2.05. The van der Waals surface area contributed by atoms with E-state index in [1.165, 1.54) is 0 Å². The van der Waals surface area contributed by atoms with Gasteiger partial charge in [-0.1, -0.05) is 18.2 Å². The lowest BCUT2D eigenvalue weighted by molar-refractivity contribution is -0.144. The Bertz CT molecular complexity index is 754. The molecule has 1 saturated heterocycles. The van der Waals surface area contributed by atoms with Gasteiger partial charge in [-0.25, -0.2) is 4.68 Å². The first-order valence-corrected chi connectivity index (χ1v) is 9.29. The van der Waals surface area contributed by atoms with Crippen molar-refractivity contribution in [2.45, 2.75) is 25.7 Å². The molecule has 0 aliphatic carbocycles. The molecule has 2 aromatic rings. The number of aromatic nitrogens is 2. The summed E-state index contributed by atoms with van der Waals surface area (Å²) in [5, 5.41) is 16.6. The maximum atomic E-state index is 12.1. The van der Waals surface area contributed by atoms with Crippen LogP contribution in [0.4, 0.5) is 0 Å². The lowest BCUT2D eigenvalue weighted by Gasteiger charge is -2.27. The first kappa shape index (κ1) is 19.1. The molecule has 27 heavy (non-hydrogen) atoms. The predicted molar refractivity (Wildman–Crippen MR) is 99.6 cm³/mol. The van der Waals surface area contributed by atoms with Crippen LogP contribution in [-0.4, -0.2) is 46.5 Å². The van der Waals surface area contributed by atoms with Crippen molar-refractivity contribution in [2.75, 3.05) is 19.8 Å². The third-order valence-electron chi connectivity index (χ3n) is 4.97. The number of aryl methyl sites for hydroxylation is 1. The number of ether oxygens (including phenoxy) is 1. The normalized spacial score (nSPS) is 16.0. The van der Waals surface area contributed by atoms with Gasteiger partial charge in [0.25, 0.3) is 0 Å². The number of amides is 1. The van der Waals surface area contributed by atoms with Gasteiger partial charge in [0.15, 0.2) is 0 Å². The van der Waals surface area contributed by atoms with Crippen LogP contribution < -0.4 is 5.32 Å². The summed E-state index contributed by atoms with van der Waals surface area (Å²) in [6, 6.07) is 9.77. The molecule has 144 valence electrons. The van der Waals surface area contributed by atoms with E-state index >= 15 is 0 Å². The van der Waals surface area contributed by atoms with Crippen molar-refractivity contribution in [1.82, 2.24) is 15.1 Å². The molecule has 2 heterocycles. The Labute approximate surface area is 158 Å². The van der Waals surface area contributed by atoms with Gasteiger partial charge < -0.3 is 15.2 Å². The number of hydrogen-bond acceptors (Lipinski definition) is 4. The van der Waals surface area contributed by atoms with E-state index in [9.17, 15) is 14.7 Å². The molecule has 1 unspecified atom stereocenters. The lowest BCUT2D eigenvalue weighted by atomic mass is 9.86. The van der Waals surface area contributed by atoms with Crippen molar-refractivity contribution in [3.05, 3.63) is 48.3 Å². The topological polar surface area (TPSA) is 93.5 Å². The molecule has 2 N–H and O–H groups in total. The van der Waals surface area contributed by atoms with Crippen LogP contribution in [0.2, 0.25) is 0 Å². The van der Waals surface area contributed by atoms with Crippen molar-refractivity contribution in [3.8, 4) is 5.69 Å². The summed E-state index contributed by atoms with van der Waals surface area (Å²) in [5.41, 5.74) is 1.93. The monoisotopic (exact) mass is 371 g/mol. The molecule has 0 radical (unpaired) electrons. The molecular weight excluding hydrogens is 346 g/mol. The zero-order valence-electron chi connectivity index (χ0n) is 15.2. The van der Waals surface area contributed by atoms with E-state index in [0.717, 1.165) is 24.1 Å². The molecule has 0 saturated carbocycles. The number of aliphatic carboxylic acids is 1. The van der Waals surface area contributed by atoms with E-state index in [0.29, 0.717) is 26.1 Å². The van der Waals surface area contributed by atoms with Crippen LogP contribution in [0.3, 0.4) is 0 Å². The van der Waals surface area contributed by atoms with Gasteiger partial charge in [0.2, 0.25) is 5.91 Å². The van der Waals surface area contributed by atoms with Gasteiger partial charge >= 0.3 is 5.97 Å². The quantitative estimate of drug-likeness (QED) is 0.741. The van der Waals surface area contributed by atoms with Gasteiger partial charge in [0.1, 0.15) is 0 Å². The molecular formula is C20H25N3O4. The molecule has 1 amide bonds. The van der Waals surface area contributed by atoms with Crippen LogP contribution in [0.5, 0.6) is 0 Å². The highest BCUT2D eigenvalue weighted by molar-refractivity contribution is 5.77. The Hall–Kier alpha value is -2.67. The van der Waals surface area contributed by atoms with Crippen molar-refractivity contribution >= 4 is 11.9 Å². The minimum atomic E-state index is -0.855. The molecule has 1 atom stereocenters. The molecule has 1 aliphatic rings. The van der Waals surface area contributed by atoms with E-state index < -0.39 is 11.9 Å². The molecule has 7 heteroatoms.